The number of benzene rings is 1. The standard InChI is InChI=1S/C23H30N2O3/c1-5-16-12-25-10-9-17-22-19(7-6-8-21(22)28-15(3)26)24-23(17)20(25)11-18(16)14(2)13-27-4/h6-8,13,16-18,20H,5,9-12H2,1-4H3/b14-13-. The number of carbonyl (C=O) groups is 1. The number of aliphatic imine (C=N–C) groups is 1. The highest BCUT2D eigenvalue weighted by atomic mass is 16.5. The van der Waals surface area contributed by atoms with Crippen LogP contribution in [0.5, 0.6) is 5.75 Å². The Hall–Kier alpha value is -2.14. The molecule has 0 spiro atoms. The first-order valence-corrected chi connectivity index (χ1v) is 10.4. The number of hydrogen-bond acceptors (Lipinski definition) is 5. The van der Waals surface area contributed by atoms with Gasteiger partial charge in [-0.25, -0.2) is 0 Å². The van der Waals surface area contributed by atoms with Gasteiger partial charge in [-0.1, -0.05) is 19.4 Å². The largest absolute Gasteiger partial charge is 0.504 e. The first-order chi connectivity index (χ1) is 13.5. The van der Waals surface area contributed by atoms with Crippen LogP contribution in [0, 0.1) is 11.8 Å². The quantitative estimate of drug-likeness (QED) is 0.438. The van der Waals surface area contributed by atoms with Crippen LogP contribution in [0.1, 0.15) is 51.5 Å². The fourth-order valence-corrected chi connectivity index (χ4v) is 5.42. The van der Waals surface area contributed by atoms with Crippen LogP contribution in [0.25, 0.3) is 0 Å². The Morgan fingerprint density at radius 3 is 2.89 bits per heavy atom. The Balaban J connectivity index is 1.65. The minimum atomic E-state index is -0.275. The van der Waals surface area contributed by atoms with E-state index in [1.807, 2.05) is 24.5 Å². The molecule has 0 bridgehead atoms. The van der Waals surface area contributed by atoms with Crippen LogP contribution < -0.4 is 4.74 Å². The average Bonchev–Trinajstić information content (AvgIpc) is 3.06. The van der Waals surface area contributed by atoms with Gasteiger partial charge in [0.15, 0.2) is 0 Å². The van der Waals surface area contributed by atoms with E-state index in [4.69, 9.17) is 14.5 Å². The molecule has 1 aromatic carbocycles. The number of allylic oxidation sites excluding steroid dienone is 1. The van der Waals surface area contributed by atoms with E-state index in [0.717, 1.165) is 37.2 Å². The molecule has 0 N–H and O–H groups in total. The second-order valence-electron chi connectivity index (χ2n) is 8.28. The molecular formula is C23H30N2O3. The average molecular weight is 383 g/mol. The van der Waals surface area contributed by atoms with Gasteiger partial charge in [0.05, 0.1) is 19.1 Å². The number of hydrogen-bond donors (Lipinski definition) is 0. The molecule has 150 valence electrons. The van der Waals surface area contributed by atoms with Crippen LogP contribution in [0.15, 0.2) is 35.0 Å². The molecule has 28 heavy (non-hydrogen) atoms. The number of esters is 1. The SMILES string of the molecule is CCC1CN2CCC3C(=Nc4cccc(OC(C)=O)c43)C2CC1/C(C)=C\OC. The van der Waals surface area contributed by atoms with Crippen LogP contribution in [0.2, 0.25) is 0 Å². The zero-order valence-electron chi connectivity index (χ0n) is 17.3. The molecule has 0 saturated carbocycles. The summed E-state index contributed by atoms with van der Waals surface area (Å²) in [6.07, 6.45) is 5.20. The lowest BCUT2D eigenvalue weighted by Gasteiger charge is -2.48. The predicted octanol–water partition coefficient (Wildman–Crippen LogP) is 4.45. The van der Waals surface area contributed by atoms with Crippen molar-refractivity contribution in [2.24, 2.45) is 16.8 Å². The Morgan fingerprint density at radius 1 is 1.36 bits per heavy atom. The van der Waals surface area contributed by atoms with Crippen LogP contribution in [0.3, 0.4) is 0 Å². The molecule has 3 heterocycles. The fourth-order valence-electron chi connectivity index (χ4n) is 5.42. The Morgan fingerprint density at radius 2 is 2.18 bits per heavy atom. The molecule has 0 aromatic heterocycles. The third-order valence-electron chi connectivity index (χ3n) is 6.67. The van der Waals surface area contributed by atoms with Gasteiger partial charge in [0.25, 0.3) is 0 Å². The Kier molecular flexibility index (Phi) is 5.28. The smallest absolute Gasteiger partial charge is 0.308 e. The molecule has 5 nitrogen and oxygen atoms in total. The molecule has 2 fully saturated rings. The van der Waals surface area contributed by atoms with E-state index >= 15 is 0 Å². The van der Waals surface area contributed by atoms with E-state index in [2.05, 4.69) is 18.7 Å². The van der Waals surface area contributed by atoms with Crippen molar-refractivity contribution in [3.63, 3.8) is 0 Å². The summed E-state index contributed by atoms with van der Waals surface area (Å²) in [6, 6.07) is 6.22. The van der Waals surface area contributed by atoms with Crippen molar-refractivity contribution in [2.75, 3.05) is 20.2 Å². The maximum atomic E-state index is 11.6. The van der Waals surface area contributed by atoms with Gasteiger partial charge in [-0.15, -0.1) is 0 Å². The summed E-state index contributed by atoms with van der Waals surface area (Å²) in [5.41, 5.74) is 4.66. The van der Waals surface area contributed by atoms with Gasteiger partial charge in [-0.3, -0.25) is 14.7 Å². The molecule has 4 rings (SSSR count). The topological polar surface area (TPSA) is 51.1 Å². The van der Waals surface area contributed by atoms with E-state index in [1.165, 1.54) is 24.6 Å². The van der Waals surface area contributed by atoms with Gasteiger partial charge in [-0.2, -0.15) is 0 Å². The van der Waals surface area contributed by atoms with Crippen molar-refractivity contribution in [2.45, 2.75) is 52.0 Å². The van der Waals surface area contributed by atoms with Crippen molar-refractivity contribution in [3.8, 4) is 5.75 Å². The van der Waals surface area contributed by atoms with Gasteiger partial charge in [-0.05, 0) is 55.9 Å². The van der Waals surface area contributed by atoms with Crippen LogP contribution in [-0.2, 0) is 9.53 Å². The number of ether oxygens (including phenoxy) is 2. The van der Waals surface area contributed by atoms with Gasteiger partial charge >= 0.3 is 5.97 Å². The third-order valence-corrected chi connectivity index (χ3v) is 6.67. The highest BCUT2D eigenvalue weighted by Gasteiger charge is 2.45. The number of methoxy groups -OCH3 is 1. The number of rotatable bonds is 4. The van der Waals surface area contributed by atoms with Crippen molar-refractivity contribution < 1.29 is 14.3 Å². The molecule has 0 amide bonds. The van der Waals surface area contributed by atoms with E-state index < -0.39 is 0 Å². The molecule has 3 aliphatic heterocycles. The lowest BCUT2D eigenvalue weighted by atomic mass is 9.72. The second-order valence-corrected chi connectivity index (χ2v) is 8.28. The van der Waals surface area contributed by atoms with Crippen molar-refractivity contribution in [3.05, 3.63) is 35.6 Å². The van der Waals surface area contributed by atoms with Crippen LogP contribution in [0.4, 0.5) is 5.69 Å². The molecule has 1 aromatic rings. The Labute approximate surface area is 167 Å². The fraction of sp³-hybridized carbons (Fsp3) is 0.565. The van der Waals surface area contributed by atoms with Crippen molar-refractivity contribution in [1.82, 2.24) is 4.90 Å². The summed E-state index contributed by atoms with van der Waals surface area (Å²) in [5.74, 6) is 1.83. The second kappa shape index (κ2) is 7.70. The number of piperidine rings is 2. The van der Waals surface area contributed by atoms with Gasteiger partial charge in [0.1, 0.15) is 5.75 Å². The van der Waals surface area contributed by atoms with Crippen molar-refractivity contribution in [1.29, 1.82) is 0 Å². The summed E-state index contributed by atoms with van der Waals surface area (Å²) in [5, 5.41) is 0. The van der Waals surface area contributed by atoms with Crippen LogP contribution >= 0.6 is 0 Å². The summed E-state index contributed by atoms with van der Waals surface area (Å²) in [6.45, 7) is 8.12. The van der Waals surface area contributed by atoms with Gasteiger partial charge < -0.3 is 9.47 Å². The zero-order chi connectivity index (χ0) is 19.8. The Bertz CT molecular complexity index is 829. The number of fused-ring (bicyclic) bond motifs is 5. The molecule has 3 aliphatic rings. The summed E-state index contributed by atoms with van der Waals surface area (Å²) < 4.78 is 10.8. The van der Waals surface area contributed by atoms with E-state index in [-0.39, 0.29) is 11.9 Å². The maximum absolute atomic E-state index is 11.6. The lowest BCUT2D eigenvalue weighted by molar-refractivity contribution is -0.131. The highest BCUT2D eigenvalue weighted by molar-refractivity contribution is 6.03. The van der Waals surface area contributed by atoms with E-state index in [1.54, 1.807) is 7.11 Å². The number of carbonyl (C=O) groups excluding carboxylic acids is 1. The minimum absolute atomic E-state index is 0.261. The predicted molar refractivity (Wildman–Crippen MR) is 110 cm³/mol. The molecule has 2 saturated heterocycles. The molecule has 0 radical (unpaired) electrons. The first-order valence-electron chi connectivity index (χ1n) is 10.4. The third kappa shape index (κ3) is 3.26. The zero-order valence-corrected chi connectivity index (χ0v) is 17.3. The molecule has 5 heteroatoms. The molecule has 0 aliphatic carbocycles. The minimum Gasteiger partial charge on any atom is -0.504 e. The van der Waals surface area contributed by atoms with Gasteiger partial charge in [0.2, 0.25) is 0 Å². The monoisotopic (exact) mass is 382 g/mol. The lowest BCUT2D eigenvalue weighted by Crippen LogP contribution is -2.55. The van der Waals surface area contributed by atoms with Gasteiger partial charge in [0, 0.05) is 36.7 Å². The normalized spacial score (nSPS) is 29.4. The summed E-state index contributed by atoms with van der Waals surface area (Å²) in [7, 11) is 1.73. The molecule has 4 atom stereocenters. The number of nitrogens with zero attached hydrogens (tertiary/aromatic N) is 2. The van der Waals surface area contributed by atoms with E-state index in [9.17, 15) is 4.79 Å². The summed E-state index contributed by atoms with van der Waals surface area (Å²) in [4.78, 5) is 19.2. The maximum Gasteiger partial charge on any atom is 0.308 e. The highest BCUT2D eigenvalue weighted by Crippen LogP contribution is 2.49. The molecule has 4 unspecified atom stereocenters. The van der Waals surface area contributed by atoms with Crippen molar-refractivity contribution >= 4 is 17.4 Å². The first kappa shape index (κ1) is 19.2. The molecular weight excluding hydrogens is 352 g/mol. The van der Waals surface area contributed by atoms with E-state index in [0.29, 0.717) is 23.6 Å². The summed E-state index contributed by atoms with van der Waals surface area (Å²) >= 11 is 0. The van der Waals surface area contributed by atoms with Crippen LogP contribution in [-0.4, -0.2) is 42.8 Å².